The van der Waals surface area contributed by atoms with Crippen molar-refractivity contribution < 1.29 is 9.59 Å². The Bertz CT molecular complexity index is 751. The van der Waals surface area contributed by atoms with Gasteiger partial charge in [0.25, 0.3) is 11.8 Å². The Morgan fingerprint density at radius 2 is 2.00 bits per heavy atom. The monoisotopic (exact) mass is 356 g/mol. The van der Waals surface area contributed by atoms with Gasteiger partial charge in [0.05, 0.1) is 4.88 Å². The van der Waals surface area contributed by atoms with Crippen LogP contribution in [0.5, 0.6) is 0 Å². The summed E-state index contributed by atoms with van der Waals surface area (Å²) in [5.74, 6) is -0.436. The highest BCUT2D eigenvalue weighted by Crippen LogP contribution is 2.13. The molecule has 1 aliphatic rings. The maximum absolute atomic E-state index is 12.9. The fraction of sp³-hybridized carbons (Fsp3) is 0.278. The van der Waals surface area contributed by atoms with Gasteiger partial charge in [0.2, 0.25) is 0 Å². The lowest BCUT2D eigenvalue weighted by Crippen LogP contribution is -2.49. The molecule has 2 amide bonds. The van der Waals surface area contributed by atoms with Crippen LogP contribution in [0.25, 0.3) is 6.08 Å². The highest BCUT2D eigenvalue weighted by molar-refractivity contribution is 7.12. The van der Waals surface area contributed by atoms with Gasteiger partial charge in [-0.3, -0.25) is 14.6 Å². The quantitative estimate of drug-likeness (QED) is 0.847. The Morgan fingerprint density at radius 1 is 1.20 bits per heavy atom. The standard InChI is InChI=1S/C18H20N4O2S/c1-21-7-9-22(10-8-21)18(24)15(12-14-4-2-6-19-13-14)20-17(23)16-5-3-11-25-16/h2-6,11-13H,7-10H2,1H3,(H,20,23)/b15-12+. The van der Waals surface area contributed by atoms with E-state index in [1.165, 1.54) is 11.3 Å². The number of carbonyl (C=O) groups excluding carboxylic acids is 2. The smallest absolute Gasteiger partial charge is 0.270 e. The van der Waals surface area contributed by atoms with Gasteiger partial charge in [0, 0.05) is 38.6 Å². The number of likely N-dealkylation sites (N-methyl/N-ethyl adjacent to an activating group) is 1. The van der Waals surface area contributed by atoms with Crippen molar-refractivity contribution in [2.45, 2.75) is 0 Å². The third kappa shape index (κ3) is 4.52. The van der Waals surface area contributed by atoms with Crippen LogP contribution in [0.15, 0.2) is 47.7 Å². The highest BCUT2D eigenvalue weighted by Gasteiger charge is 2.24. The van der Waals surface area contributed by atoms with Crippen molar-refractivity contribution in [3.05, 3.63) is 58.2 Å². The van der Waals surface area contributed by atoms with Crippen LogP contribution in [0.3, 0.4) is 0 Å². The second-order valence-electron chi connectivity index (χ2n) is 5.87. The summed E-state index contributed by atoms with van der Waals surface area (Å²) in [6, 6.07) is 7.20. The molecule has 130 valence electrons. The molecule has 0 radical (unpaired) electrons. The minimum absolute atomic E-state index is 0.165. The lowest BCUT2D eigenvalue weighted by Gasteiger charge is -2.33. The summed E-state index contributed by atoms with van der Waals surface area (Å²) in [6.45, 7) is 2.94. The van der Waals surface area contributed by atoms with Gasteiger partial charge in [-0.2, -0.15) is 0 Å². The van der Waals surface area contributed by atoms with Gasteiger partial charge < -0.3 is 15.1 Å². The molecule has 3 heterocycles. The Labute approximate surface area is 150 Å². The van der Waals surface area contributed by atoms with E-state index in [1.807, 2.05) is 24.6 Å². The molecular formula is C18H20N4O2S. The van der Waals surface area contributed by atoms with Crippen LogP contribution in [0, 0.1) is 0 Å². The fourth-order valence-corrected chi connectivity index (χ4v) is 3.17. The lowest BCUT2D eigenvalue weighted by molar-refractivity contribution is -0.128. The molecule has 25 heavy (non-hydrogen) atoms. The van der Waals surface area contributed by atoms with Crippen LogP contribution in [0.1, 0.15) is 15.2 Å². The number of hydrogen-bond acceptors (Lipinski definition) is 5. The van der Waals surface area contributed by atoms with E-state index >= 15 is 0 Å². The van der Waals surface area contributed by atoms with Gasteiger partial charge in [-0.05, 0) is 36.2 Å². The molecule has 0 bridgehead atoms. The Kier molecular flexibility index (Phi) is 5.57. The average molecular weight is 356 g/mol. The summed E-state index contributed by atoms with van der Waals surface area (Å²) in [6.07, 6.45) is 5.01. The van der Waals surface area contributed by atoms with E-state index in [0.717, 1.165) is 18.7 Å². The van der Waals surface area contributed by atoms with Crippen molar-refractivity contribution in [1.82, 2.24) is 20.1 Å². The summed E-state index contributed by atoms with van der Waals surface area (Å²) in [5, 5.41) is 4.61. The molecule has 1 saturated heterocycles. The number of nitrogens with zero attached hydrogens (tertiary/aromatic N) is 3. The molecule has 0 spiro atoms. The van der Waals surface area contributed by atoms with E-state index in [2.05, 4.69) is 15.2 Å². The van der Waals surface area contributed by atoms with Crippen LogP contribution >= 0.6 is 11.3 Å². The average Bonchev–Trinajstić information content (AvgIpc) is 3.17. The molecule has 0 saturated carbocycles. The van der Waals surface area contributed by atoms with E-state index in [4.69, 9.17) is 0 Å². The molecule has 7 heteroatoms. The first-order valence-corrected chi connectivity index (χ1v) is 8.96. The van der Waals surface area contributed by atoms with E-state index in [1.54, 1.807) is 35.5 Å². The second kappa shape index (κ2) is 8.04. The first-order chi connectivity index (χ1) is 12.1. The molecule has 0 atom stereocenters. The molecule has 1 fully saturated rings. The third-order valence-electron chi connectivity index (χ3n) is 4.01. The number of aromatic nitrogens is 1. The minimum Gasteiger partial charge on any atom is -0.335 e. The number of nitrogens with one attached hydrogen (secondary N) is 1. The van der Waals surface area contributed by atoms with Crippen molar-refractivity contribution in [2.24, 2.45) is 0 Å². The topological polar surface area (TPSA) is 65.5 Å². The van der Waals surface area contributed by atoms with Crippen molar-refractivity contribution >= 4 is 29.2 Å². The number of carbonyl (C=O) groups is 2. The van der Waals surface area contributed by atoms with Crippen molar-refractivity contribution in [3.63, 3.8) is 0 Å². The molecule has 6 nitrogen and oxygen atoms in total. The first-order valence-electron chi connectivity index (χ1n) is 8.08. The molecule has 2 aromatic heterocycles. The van der Waals surface area contributed by atoms with Gasteiger partial charge in [0.15, 0.2) is 0 Å². The Morgan fingerprint density at radius 3 is 2.64 bits per heavy atom. The van der Waals surface area contributed by atoms with E-state index < -0.39 is 0 Å². The van der Waals surface area contributed by atoms with Crippen LogP contribution in [-0.4, -0.2) is 59.8 Å². The first kappa shape index (κ1) is 17.3. The van der Waals surface area contributed by atoms with E-state index in [9.17, 15) is 9.59 Å². The van der Waals surface area contributed by atoms with Crippen LogP contribution in [0.4, 0.5) is 0 Å². The van der Waals surface area contributed by atoms with Crippen LogP contribution in [-0.2, 0) is 4.79 Å². The summed E-state index contributed by atoms with van der Waals surface area (Å²) in [5.41, 5.74) is 1.04. The summed E-state index contributed by atoms with van der Waals surface area (Å²) < 4.78 is 0. The molecule has 1 N–H and O–H groups in total. The van der Waals surface area contributed by atoms with Gasteiger partial charge in [0.1, 0.15) is 5.70 Å². The third-order valence-corrected chi connectivity index (χ3v) is 4.88. The van der Waals surface area contributed by atoms with Crippen molar-refractivity contribution in [2.75, 3.05) is 33.2 Å². The predicted molar refractivity (Wildman–Crippen MR) is 98.1 cm³/mol. The fourth-order valence-electron chi connectivity index (χ4n) is 2.55. The van der Waals surface area contributed by atoms with Crippen LogP contribution < -0.4 is 5.32 Å². The maximum atomic E-state index is 12.9. The van der Waals surface area contributed by atoms with E-state index in [0.29, 0.717) is 18.0 Å². The van der Waals surface area contributed by atoms with Gasteiger partial charge in [-0.25, -0.2) is 0 Å². The minimum atomic E-state index is -0.271. The molecule has 0 aliphatic carbocycles. The van der Waals surface area contributed by atoms with Gasteiger partial charge >= 0.3 is 0 Å². The Hall–Kier alpha value is -2.51. The van der Waals surface area contributed by atoms with Crippen molar-refractivity contribution in [3.8, 4) is 0 Å². The molecule has 1 aliphatic heterocycles. The van der Waals surface area contributed by atoms with Crippen molar-refractivity contribution in [1.29, 1.82) is 0 Å². The molecule has 2 aromatic rings. The zero-order chi connectivity index (χ0) is 17.6. The number of piperazine rings is 1. The molecule has 0 aromatic carbocycles. The number of rotatable bonds is 4. The Balaban J connectivity index is 1.82. The van der Waals surface area contributed by atoms with Crippen LogP contribution in [0.2, 0.25) is 0 Å². The predicted octanol–water partition coefficient (Wildman–Crippen LogP) is 1.69. The zero-order valence-corrected chi connectivity index (χ0v) is 14.8. The molecule has 3 rings (SSSR count). The van der Waals surface area contributed by atoms with E-state index in [-0.39, 0.29) is 17.5 Å². The van der Waals surface area contributed by atoms with Gasteiger partial charge in [-0.15, -0.1) is 11.3 Å². The normalized spacial score (nSPS) is 15.9. The number of amides is 2. The maximum Gasteiger partial charge on any atom is 0.270 e. The largest absolute Gasteiger partial charge is 0.335 e. The second-order valence-corrected chi connectivity index (χ2v) is 6.82. The zero-order valence-electron chi connectivity index (χ0n) is 14.0. The summed E-state index contributed by atoms with van der Waals surface area (Å²) >= 11 is 1.34. The molecule has 0 unspecified atom stereocenters. The lowest BCUT2D eigenvalue weighted by atomic mass is 10.2. The molecular weight excluding hydrogens is 336 g/mol. The number of hydrogen-bond donors (Lipinski definition) is 1. The number of thiophene rings is 1. The number of pyridine rings is 1. The SMILES string of the molecule is CN1CCN(C(=O)/C(=C\c2cccnc2)NC(=O)c2cccs2)CC1. The summed E-state index contributed by atoms with van der Waals surface area (Å²) in [7, 11) is 2.03. The summed E-state index contributed by atoms with van der Waals surface area (Å²) in [4.78, 5) is 33.9. The highest BCUT2D eigenvalue weighted by atomic mass is 32.1. The van der Waals surface area contributed by atoms with Gasteiger partial charge in [-0.1, -0.05) is 12.1 Å².